The SMILES string of the molecule is C=C[C@@H](CC/C(C)=C/C[C@@H](C)CC)[C@H](C)N. The summed E-state index contributed by atoms with van der Waals surface area (Å²) in [6.45, 7) is 12.7. The Bertz CT molecular complexity index is 215. The van der Waals surface area contributed by atoms with Crippen LogP contribution in [0, 0.1) is 11.8 Å². The molecule has 1 nitrogen and oxygen atoms in total. The van der Waals surface area contributed by atoms with Crippen LogP contribution in [0.15, 0.2) is 24.3 Å². The van der Waals surface area contributed by atoms with Gasteiger partial charge in [-0.3, -0.25) is 0 Å². The first-order valence-electron chi connectivity index (χ1n) is 6.55. The number of hydrogen-bond acceptors (Lipinski definition) is 1. The van der Waals surface area contributed by atoms with E-state index in [2.05, 4.69) is 40.3 Å². The molecule has 0 amide bonds. The third-order valence-corrected chi connectivity index (χ3v) is 3.42. The average molecular weight is 223 g/mol. The number of allylic oxidation sites excluding steroid dienone is 2. The van der Waals surface area contributed by atoms with Gasteiger partial charge in [0.25, 0.3) is 0 Å². The highest BCUT2D eigenvalue weighted by Crippen LogP contribution is 2.17. The van der Waals surface area contributed by atoms with Gasteiger partial charge >= 0.3 is 0 Å². The second-order valence-electron chi connectivity index (χ2n) is 5.10. The van der Waals surface area contributed by atoms with E-state index in [1.807, 2.05) is 6.08 Å². The minimum absolute atomic E-state index is 0.222. The molecule has 0 heterocycles. The summed E-state index contributed by atoms with van der Waals surface area (Å²) in [5.41, 5.74) is 7.38. The minimum Gasteiger partial charge on any atom is -0.327 e. The fourth-order valence-electron chi connectivity index (χ4n) is 1.66. The Morgan fingerprint density at radius 1 is 1.38 bits per heavy atom. The summed E-state index contributed by atoms with van der Waals surface area (Å²) in [7, 11) is 0. The van der Waals surface area contributed by atoms with E-state index in [0.717, 1.165) is 18.8 Å². The predicted molar refractivity (Wildman–Crippen MR) is 74.4 cm³/mol. The predicted octanol–water partition coefficient (Wildman–Crippen LogP) is 4.30. The van der Waals surface area contributed by atoms with E-state index < -0.39 is 0 Å². The van der Waals surface area contributed by atoms with Crippen LogP contribution in [0.2, 0.25) is 0 Å². The minimum atomic E-state index is 0.222. The smallest absolute Gasteiger partial charge is 0.00734 e. The third kappa shape index (κ3) is 6.84. The number of rotatable bonds is 8. The lowest BCUT2D eigenvalue weighted by Crippen LogP contribution is -2.24. The molecule has 3 atom stereocenters. The van der Waals surface area contributed by atoms with Crippen LogP contribution in [0.25, 0.3) is 0 Å². The number of nitrogens with two attached hydrogens (primary N) is 1. The lowest BCUT2D eigenvalue weighted by Gasteiger charge is -2.16. The van der Waals surface area contributed by atoms with Gasteiger partial charge in [0.1, 0.15) is 0 Å². The summed E-state index contributed by atoms with van der Waals surface area (Å²) in [6, 6.07) is 0.222. The van der Waals surface area contributed by atoms with Crippen LogP contribution in [0.4, 0.5) is 0 Å². The van der Waals surface area contributed by atoms with Crippen LogP contribution in [0.1, 0.15) is 53.4 Å². The van der Waals surface area contributed by atoms with E-state index >= 15 is 0 Å². The first-order chi connectivity index (χ1) is 7.51. The van der Waals surface area contributed by atoms with Crippen molar-refractivity contribution >= 4 is 0 Å². The highest BCUT2D eigenvalue weighted by molar-refractivity contribution is 5.00. The van der Waals surface area contributed by atoms with Crippen LogP contribution in [0.5, 0.6) is 0 Å². The molecular weight excluding hydrogens is 194 g/mol. The van der Waals surface area contributed by atoms with Gasteiger partial charge in [-0.25, -0.2) is 0 Å². The summed E-state index contributed by atoms with van der Waals surface area (Å²) >= 11 is 0. The van der Waals surface area contributed by atoms with E-state index in [1.165, 1.54) is 18.4 Å². The molecule has 0 aromatic carbocycles. The van der Waals surface area contributed by atoms with E-state index in [-0.39, 0.29) is 6.04 Å². The van der Waals surface area contributed by atoms with Crippen LogP contribution >= 0.6 is 0 Å². The van der Waals surface area contributed by atoms with E-state index in [9.17, 15) is 0 Å². The second-order valence-corrected chi connectivity index (χ2v) is 5.10. The van der Waals surface area contributed by atoms with E-state index in [0.29, 0.717) is 5.92 Å². The standard InChI is InChI=1S/C15H29N/c1-6-12(3)8-9-13(4)10-11-15(7-2)14(5)16/h7,9,12,14-15H,2,6,8,10-11,16H2,1,3-5H3/b13-9+/t12-,14-,15-/m0/s1. The van der Waals surface area contributed by atoms with Gasteiger partial charge in [0.15, 0.2) is 0 Å². The van der Waals surface area contributed by atoms with Crippen LogP contribution < -0.4 is 5.73 Å². The summed E-state index contributed by atoms with van der Waals surface area (Å²) in [5, 5.41) is 0. The quantitative estimate of drug-likeness (QED) is 0.610. The Morgan fingerprint density at radius 2 is 2.00 bits per heavy atom. The Hall–Kier alpha value is -0.560. The average Bonchev–Trinajstić information content (AvgIpc) is 2.26. The molecule has 0 bridgehead atoms. The van der Waals surface area contributed by atoms with Crippen molar-refractivity contribution in [3.8, 4) is 0 Å². The Balaban J connectivity index is 3.95. The first kappa shape index (κ1) is 15.4. The molecule has 0 saturated carbocycles. The van der Waals surface area contributed by atoms with Gasteiger partial charge in [-0.15, -0.1) is 6.58 Å². The molecule has 0 rings (SSSR count). The molecule has 0 aliphatic rings. The summed E-state index contributed by atoms with van der Waals surface area (Å²) < 4.78 is 0. The Kier molecular flexibility index (Phi) is 8.28. The molecule has 16 heavy (non-hydrogen) atoms. The van der Waals surface area contributed by atoms with Gasteiger partial charge in [-0.2, -0.15) is 0 Å². The Labute approximate surface area is 102 Å². The van der Waals surface area contributed by atoms with Crippen molar-refractivity contribution < 1.29 is 0 Å². The van der Waals surface area contributed by atoms with E-state index in [1.54, 1.807) is 0 Å². The lowest BCUT2D eigenvalue weighted by molar-refractivity contribution is 0.497. The van der Waals surface area contributed by atoms with Gasteiger partial charge < -0.3 is 5.73 Å². The zero-order chi connectivity index (χ0) is 12.6. The third-order valence-electron chi connectivity index (χ3n) is 3.42. The van der Waals surface area contributed by atoms with Crippen molar-refractivity contribution in [3.05, 3.63) is 24.3 Å². The molecule has 94 valence electrons. The second kappa shape index (κ2) is 8.58. The van der Waals surface area contributed by atoms with Crippen molar-refractivity contribution in [2.45, 2.75) is 59.4 Å². The fourth-order valence-corrected chi connectivity index (χ4v) is 1.66. The molecule has 0 saturated heterocycles. The van der Waals surface area contributed by atoms with Gasteiger partial charge in [0.05, 0.1) is 0 Å². The largest absolute Gasteiger partial charge is 0.327 e. The highest BCUT2D eigenvalue weighted by Gasteiger charge is 2.09. The maximum Gasteiger partial charge on any atom is 0.00734 e. The lowest BCUT2D eigenvalue weighted by atomic mass is 9.93. The van der Waals surface area contributed by atoms with Gasteiger partial charge in [-0.1, -0.05) is 38.0 Å². The fraction of sp³-hybridized carbons (Fsp3) is 0.733. The van der Waals surface area contributed by atoms with Crippen molar-refractivity contribution in [1.82, 2.24) is 0 Å². The van der Waals surface area contributed by atoms with Crippen LogP contribution in [-0.4, -0.2) is 6.04 Å². The first-order valence-corrected chi connectivity index (χ1v) is 6.55. The molecule has 1 heteroatoms. The summed E-state index contributed by atoms with van der Waals surface area (Å²) in [6.07, 6.45) is 9.12. The zero-order valence-electron chi connectivity index (χ0n) is 11.5. The van der Waals surface area contributed by atoms with Gasteiger partial charge in [0, 0.05) is 6.04 Å². The van der Waals surface area contributed by atoms with Crippen LogP contribution in [0.3, 0.4) is 0 Å². The Morgan fingerprint density at radius 3 is 2.44 bits per heavy atom. The van der Waals surface area contributed by atoms with Crippen molar-refractivity contribution in [2.24, 2.45) is 17.6 Å². The topological polar surface area (TPSA) is 26.0 Å². The molecule has 0 aromatic heterocycles. The van der Waals surface area contributed by atoms with Crippen molar-refractivity contribution in [3.63, 3.8) is 0 Å². The summed E-state index contributed by atoms with van der Waals surface area (Å²) in [5.74, 6) is 1.26. The zero-order valence-corrected chi connectivity index (χ0v) is 11.5. The molecule has 0 radical (unpaired) electrons. The van der Waals surface area contributed by atoms with Gasteiger partial charge in [-0.05, 0) is 44.9 Å². The molecule has 0 fully saturated rings. The molecule has 0 aromatic rings. The molecule has 0 spiro atoms. The summed E-state index contributed by atoms with van der Waals surface area (Å²) in [4.78, 5) is 0. The molecule has 0 aliphatic carbocycles. The molecule has 2 N–H and O–H groups in total. The normalized spacial score (nSPS) is 17.9. The molecule has 0 aliphatic heterocycles. The number of hydrogen-bond donors (Lipinski definition) is 1. The van der Waals surface area contributed by atoms with E-state index in [4.69, 9.17) is 5.73 Å². The maximum absolute atomic E-state index is 5.89. The molecule has 0 unspecified atom stereocenters. The highest BCUT2D eigenvalue weighted by atomic mass is 14.6. The molecular formula is C15H29N. The maximum atomic E-state index is 5.89. The van der Waals surface area contributed by atoms with Crippen molar-refractivity contribution in [2.75, 3.05) is 0 Å². The monoisotopic (exact) mass is 223 g/mol. The van der Waals surface area contributed by atoms with Gasteiger partial charge in [0.2, 0.25) is 0 Å². The van der Waals surface area contributed by atoms with Crippen molar-refractivity contribution in [1.29, 1.82) is 0 Å². The van der Waals surface area contributed by atoms with Crippen LogP contribution in [-0.2, 0) is 0 Å².